The number of carbonyl (C=O) groups is 1. The fraction of sp³-hybridized carbons (Fsp3) is 0.500. The van der Waals surface area contributed by atoms with Gasteiger partial charge in [0.1, 0.15) is 18.1 Å². The van der Waals surface area contributed by atoms with Gasteiger partial charge in [-0.15, -0.1) is 13.2 Å². The van der Waals surface area contributed by atoms with E-state index in [2.05, 4.69) is 9.64 Å². The minimum absolute atomic E-state index is 0.0703. The van der Waals surface area contributed by atoms with Crippen LogP contribution in [0.4, 0.5) is 13.2 Å². The van der Waals surface area contributed by atoms with Gasteiger partial charge in [0.25, 0.3) is 0 Å². The zero-order chi connectivity index (χ0) is 25.1. The van der Waals surface area contributed by atoms with Gasteiger partial charge in [-0.05, 0) is 49.9 Å². The molecule has 192 valence electrons. The van der Waals surface area contributed by atoms with Crippen LogP contribution in [0.15, 0.2) is 48.5 Å². The quantitative estimate of drug-likeness (QED) is 0.364. The van der Waals surface area contributed by atoms with E-state index in [1.807, 2.05) is 28.8 Å². The van der Waals surface area contributed by atoms with Crippen LogP contribution < -0.4 is 4.74 Å². The Labute approximate surface area is 209 Å². The van der Waals surface area contributed by atoms with Crippen LogP contribution in [0.2, 0.25) is 0 Å². The molecule has 2 aromatic carbocycles. The van der Waals surface area contributed by atoms with Crippen LogP contribution in [0.25, 0.3) is 22.4 Å². The number of amides is 1. The molecule has 3 aromatic rings. The summed E-state index contributed by atoms with van der Waals surface area (Å²) < 4.78 is 44.5. The summed E-state index contributed by atoms with van der Waals surface area (Å²) in [6.45, 7) is 0.104. The number of aromatic nitrogens is 2. The van der Waals surface area contributed by atoms with Crippen LogP contribution in [0.3, 0.4) is 0 Å². The van der Waals surface area contributed by atoms with Gasteiger partial charge in [0.15, 0.2) is 0 Å². The Kier molecular flexibility index (Phi) is 7.21. The molecule has 0 aliphatic heterocycles. The van der Waals surface area contributed by atoms with Crippen molar-refractivity contribution in [3.05, 3.63) is 48.5 Å². The molecule has 36 heavy (non-hydrogen) atoms. The van der Waals surface area contributed by atoms with Gasteiger partial charge in [-0.25, -0.2) is 4.98 Å². The lowest BCUT2D eigenvalue weighted by Crippen LogP contribution is -2.50. The van der Waals surface area contributed by atoms with Crippen molar-refractivity contribution in [1.29, 1.82) is 0 Å². The van der Waals surface area contributed by atoms with E-state index < -0.39 is 6.36 Å². The molecule has 5 rings (SSSR count). The third kappa shape index (κ3) is 5.52. The van der Waals surface area contributed by atoms with Crippen molar-refractivity contribution in [3.8, 4) is 17.1 Å². The molecule has 0 radical (unpaired) electrons. The van der Waals surface area contributed by atoms with E-state index in [1.54, 1.807) is 6.07 Å². The molecule has 2 fully saturated rings. The van der Waals surface area contributed by atoms with E-state index in [0.29, 0.717) is 16.9 Å². The second-order valence-corrected chi connectivity index (χ2v) is 9.97. The maximum atomic E-state index is 14.0. The SMILES string of the molecule is O=C(Cn1c(-c2cccc(OC(F)(F)F)c2)nc2ccccc21)N(C1CCCCC1)C1CCCCC1. The zero-order valence-electron chi connectivity index (χ0n) is 20.3. The number of hydrogen-bond donors (Lipinski definition) is 0. The van der Waals surface area contributed by atoms with E-state index in [-0.39, 0.29) is 30.3 Å². The van der Waals surface area contributed by atoms with Gasteiger partial charge in [-0.3, -0.25) is 4.79 Å². The number of carbonyl (C=O) groups excluding carboxylic acids is 1. The van der Waals surface area contributed by atoms with Crippen LogP contribution in [0.5, 0.6) is 5.75 Å². The third-order valence-corrected chi connectivity index (χ3v) is 7.50. The van der Waals surface area contributed by atoms with Crippen molar-refractivity contribution in [3.63, 3.8) is 0 Å². The van der Waals surface area contributed by atoms with Crippen LogP contribution in [-0.4, -0.2) is 38.8 Å². The first-order valence-electron chi connectivity index (χ1n) is 13.0. The molecule has 0 unspecified atom stereocenters. The van der Waals surface area contributed by atoms with E-state index >= 15 is 0 Å². The molecular formula is C28H32F3N3O2. The molecule has 1 amide bonds. The Balaban J connectivity index is 1.50. The van der Waals surface area contributed by atoms with Crippen LogP contribution in [0, 0.1) is 0 Å². The lowest BCUT2D eigenvalue weighted by atomic mass is 9.88. The number of fused-ring (bicyclic) bond motifs is 1. The Morgan fingerprint density at radius 2 is 1.56 bits per heavy atom. The highest BCUT2D eigenvalue weighted by Gasteiger charge is 2.34. The van der Waals surface area contributed by atoms with Gasteiger partial charge in [-0.1, -0.05) is 62.8 Å². The number of rotatable bonds is 6. The normalized spacial score (nSPS) is 17.9. The minimum Gasteiger partial charge on any atom is -0.406 e. The summed E-state index contributed by atoms with van der Waals surface area (Å²) in [6.07, 6.45) is 6.39. The molecule has 8 heteroatoms. The summed E-state index contributed by atoms with van der Waals surface area (Å²) >= 11 is 0. The summed E-state index contributed by atoms with van der Waals surface area (Å²) in [7, 11) is 0. The topological polar surface area (TPSA) is 47.4 Å². The summed E-state index contributed by atoms with van der Waals surface area (Å²) in [5.74, 6) is 0.223. The molecule has 2 saturated carbocycles. The molecule has 0 saturated heterocycles. The summed E-state index contributed by atoms with van der Waals surface area (Å²) in [4.78, 5) is 20.9. The smallest absolute Gasteiger partial charge is 0.406 e. The molecular weight excluding hydrogens is 467 g/mol. The van der Waals surface area contributed by atoms with E-state index in [0.717, 1.165) is 56.9 Å². The first-order valence-corrected chi connectivity index (χ1v) is 13.0. The maximum absolute atomic E-state index is 14.0. The number of benzene rings is 2. The highest BCUT2D eigenvalue weighted by atomic mass is 19.4. The van der Waals surface area contributed by atoms with E-state index in [1.165, 1.54) is 31.0 Å². The van der Waals surface area contributed by atoms with Gasteiger partial charge in [0, 0.05) is 17.6 Å². The average Bonchev–Trinajstić information content (AvgIpc) is 3.23. The Hall–Kier alpha value is -3.03. The van der Waals surface area contributed by atoms with Gasteiger partial charge in [0.05, 0.1) is 11.0 Å². The second-order valence-electron chi connectivity index (χ2n) is 9.97. The number of hydrogen-bond acceptors (Lipinski definition) is 3. The number of halogens is 3. The Morgan fingerprint density at radius 3 is 2.19 bits per heavy atom. The maximum Gasteiger partial charge on any atom is 0.573 e. The number of para-hydroxylation sites is 2. The van der Waals surface area contributed by atoms with Crippen LogP contribution >= 0.6 is 0 Å². The molecule has 0 bridgehead atoms. The van der Waals surface area contributed by atoms with Gasteiger partial charge >= 0.3 is 6.36 Å². The lowest BCUT2D eigenvalue weighted by Gasteiger charge is -2.42. The van der Waals surface area contributed by atoms with Crippen molar-refractivity contribution < 1.29 is 22.7 Å². The second kappa shape index (κ2) is 10.5. The largest absolute Gasteiger partial charge is 0.573 e. The predicted molar refractivity (Wildman–Crippen MR) is 132 cm³/mol. The van der Waals surface area contributed by atoms with Crippen molar-refractivity contribution in [2.24, 2.45) is 0 Å². The predicted octanol–water partition coefficient (Wildman–Crippen LogP) is 7.10. The molecule has 5 nitrogen and oxygen atoms in total. The standard InChI is InChI=1S/C28H32F3N3O2/c29-28(30,31)36-23-15-9-10-20(18-23)27-32-24-16-7-8-17-25(24)33(27)19-26(35)34(21-11-3-1-4-12-21)22-13-5-2-6-14-22/h7-10,15-18,21-22H,1-6,11-14,19H2. The molecule has 2 aliphatic carbocycles. The van der Waals surface area contributed by atoms with Crippen molar-refractivity contribution in [2.75, 3.05) is 0 Å². The number of ether oxygens (including phenoxy) is 1. The number of alkyl halides is 3. The molecule has 0 N–H and O–H groups in total. The molecule has 1 heterocycles. The van der Waals surface area contributed by atoms with Crippen molar-refractivity contribution in [2.45, 2.75) is 89.2 Å². The van der Waals surface area contributed by atoms with Crippen molar-refractivity contribution >= 4 is 16.9 Å². The highest BCUT2D eigenvalue weighted by Crippen LogP contribution is 2.33. The lowest BCUT2D eigenvalue weighted by molar-refractivity contribution is -0.274. The van der Waals surface area contributed by atoms with Gasteiger partial charge in [-0.2, -0.15) is 0 Å². The first-order chi connectivity index (χ1) is 17.4. The fourth-order valence-corrected chi connectivity index (χ4v) is 5.93. The molecule has 0 spiro atoms. The Bertz CT molecular complexity index is 1180. The minimum atomic E-state index is -4.78. The van der Waals surface area contributed by atoms with Gasteiger partial charge in [0.2, 0.25) is 5.91 Å². The van der Waals surface area contributed by atoms with Crippen LogP contribution in [-0.2, 0) is 11.3 Å². The van der Waals surface area contributed by atoms with E-state index in [9.17, 15) is 18.0 Å². The molecule has 1 aromatic heterocycles. The molecule has 2 aliphatic rings. The highest BCUT2D eigenvalue weighted by molar-refractivity contribution is 5.85. The van der Waals surface area contributed by atoms with Crippen molar-refractivity contribution in [1.82, 2.24) is 14.5 Å². The number of imidazole rings is 1. The third-order valence-electron chi connectivity index (χ3n) is 7.50. The summed E-state index contributed by atoms with van der Waals surface area (Å²) in [5.41, 5.74) is 1.96. The van der Waals surface area contributed by atoms with E-state index in [4.69, 9.17) is 4.98 Å². The first kappa shape index (κ1) is 24.7. The summed E-state index contributed by atoms with van der Waals surface area (Å²) in [5, 5.41) is 0. The Morgan fingerprint density at radius 1 is 0.917 bits per heavy atom. The van der Waals surface area contributed by atoms with Gasteiger partial charge < -0.3 is 14.2 Å². The average molecular weight is 500 g/mol. The summed E-state index contributed by atoms with van der Waals surface area (Å²) in [6, 6.07) is 13.8. The fourth-order valence-electron chi connectivity index (χ4n) is 5.93. The zero-order valence-corrected chi connectivity index (χ0v) is 20.3. The number of nitrogens with zero attached hydrogens (tertiary/aromatic N) is 3. The molecule has 0 atom stereocenters. The van der Waals surface area contributed by atoms with Crippen LogP contribution in [0.1, 0.15) is 64.2 Å². The monoisotopic (exact) mass is 499 g/mol.